The van der Waals surface area contributed by atoms with E-state index in [4.69, 9.17) is 0 Å². The van der Waals surface area contributed by atoms with Gasteiger partial charge in [0.25, 0.3) is 0 Å². The lowest BCUT2D eigenvalue weighted by atomic mass is 9.98. The number of nitrogens with one attached hydrogen (secondary N) is 2. The van der Waals surface area contributed by atoms with E-state index in [0.717, 1.165) is 12.1 Å². The molecule has 3 heteroatoms. The summed E-state index contributed by atoms with van der Waals surface area (Å²) < 4.78 is 0. The van der Waals surface area contributed by atoms with Gasteiger partial charge in [-0.2, -0.15) is 0 Å². The van der Waals surface area contributed by atoms with Gasteiger partial charge >= 0.3 is 0 Å². The van der Waals surface area contributed by atoms with E-state index < -0.39 is 0 Å². The van der Waals surface area contributed by atoms with E-state index in [2.05, 4.69) is 36.3 Å². The van der Waals surface area contributed by atoms with E-state index in [9.17, 15) is 0 Å². The Morgan fingerprint density at radius 3 is 2.41 bits per heavy atom. The van der Waals surface area contributed by atoms with Crippen LogP contribution in [0.25, 0.3) is 0 Å². The topological polar surface area (TPSA) is 27.3 Å². The van der Waals surface area contributed by atoms with E-state index in [-0.39, 0.29) is 0 Å². The van der Waals surface area contributed by atoms with E-state index in [0.29, 0.717) is 5.54 Å². The van der Waals surface area contributed by atoms with Crippen LogP contribution in [-0.4, -0.2) is 48.7 Å². The van der Waals surface area contributed by atoms with Crippen molar-refractivity contribution in [2.24, 2.45) is 0 Å². The molecule has 0 amide bonds. The summed E-state index contributed by atoms with van der Waals surface area (Å²) in [6.45, 7) is 11.9. The van der Waals surface area contributed by atoms with Crippen LogP contribution in [0.3, 0.4) is 0 Å². The number of piperidine rings is 1. The Kier molecular flexibility index (Phi) is 4.45. The molecule has 1 atom stereocenters. The van der Waals surface area contributed by atoms with Crippen molar-refractivity contribution in [1.82, 2.24) is 15.5 Å². The Morgan fingerprint density at radius 1 is 1.18 bits per heavy atom. The third-order valence-corrected chi connectivity index (χ3v) is 4.26. The van der Waals surface area contributed by atoms with Gasteiger partial charge in [-0.3, -0.25) is 4.90 Å². The molecule has 2 rings (SSSR count). The van der Waals surface area contributed by atoms with Gasteiger partial charge in [0, 0.05) is 37.3 Å². The number of hydrogen-bond donors (Lipinski definition) is 2. The molecule has 0 aromatic rings. The fourth-order valence-electron chi connectivity index (χ4n) is 2.99. The molecule has 2 saturated heterocycles. The maximum absolute atomic E-state index is 3.75. The van der Waals surface area contributed by atoms with Crippen LogP contribution in [0.15, 0.2) is 0 Å². The molecule has 0 saturated carbocycles. The maximum atomic E-state index is 3.75. The van der Waals surface area contributed by atoms with Crippen molar-refractivity contribution in [2.75, 3.05) is 26.2 Å². The average molecular weight is 239 g/mol. The highest BCUT2D eigenvalue weighted by molar-refractivity contribution is 4.86. The van der Waals surface area contributed by atoms with Crippen molar-refractivity contribution in [3.63, 3.8) is 0 Å². The second kappa shape index (κ2) is 5.68. The van der Waals surface area contributed by atoms with E-state index >= 15 is 0 Å². The van der Waals surface area contributed by atoms with Gasteiger partial charge in [-0.15, -0.1) is 0 Å². The third-order valence-electron chi connectivity index (χ3n) is 4.26. The van der Waals surface area contributed by atoms with Crippen molar-refractivity contribution in [1.29, 1.82) is 0 Å². The highest BCUT2D eigenvalue weighted by Gasteiger charge is 2.27. The molecule has 0 aromatic heterocycles. The van der Waals surface area contributed by atoms with Gasteiger partial charge < -0.3 is 10.6 Å². The summed E-state index contributed by atoms with van der Waals surface area (Å²) in [5.41, 5.74) is 0.345. The fourth-order valence-corrected chi connectivity index (χ4v) is 2.99. The Morgan fingerprint density at radius 2 is 1.88 bits per heavy atom. The lowest BCUT2D eigenvalue weighted by molar-refractivity contribution is 0.0959. The Bertz CT molecular complexity index is 220. The first-order chi connectivity index (χ1) is 8.05. The summed E-state index contributed by atoms with van der Waals surface area (Å²) in [6, 6.07) is 1.48. The van der Waals surface area contributed by atoms with Crippen molar-refractivity contribution in [2.45, 2.75) is 64.1 Å². The molecule has 2 aliphatic rings. The van der Waals surface area contributed by atoms with Crippen LogP contribution in [0, 0.1) is 0 Å². The summed E-state index contributed by atoms with van der Waals surface area (Å²) in [5, 5.41) is 7.30. The van der Waals surface area contributed by atoms with Crippen LogP contribution >= 0.6 is 0 Å². The smallest absolute Gasteiger partial charge is 0.0193 e. The first-order valence-electron chi connectivity index (χ1n) is 7.27. The van der Waals surface area contributed by atoms with Crippen LogP contribution in [0.2, 0.25) is 0 Å². The zero-order valence-electron chi connectivity index (χ0n) is 11.8. The predicted molar refractivity (Wildman–Crippen MR) is 73.4 cm³/mol. The summed E-state index contributed by atoms with van der Waals surface area (Å²) >= 11 is 0. The molecule has 2 aliphatic heterocycles. The highest BCUT2D eigenvalue weighted by atomic mass is 15.2. The van der Waals surface area contributed by atoms with E-state index in [1.165, 1.54) is 51.9 Å². The van der Waals surface area contributed by atoms with Crippen LogP contribution in [-0.2, 0) is 0 Å². The van der Waals surface area contributed by atoms with E-state index in [1.54, 1.807) is 0 Å². The fraction of sp³-hybridized carbons (Fsp3) is 1.00. The molecule has 100 valence electrons. The summed E-state index contributed by atoms with van der Waals surface area (Å²) in [5.74, 6) is 0. The molecule has 2 fully saturated rings. The highest BCUT2D eigenvalue weighted by Crippen LogP contribution is 2.20. The SMILES string of the molecule is CC(C)(C)N1CCC(NCC2CCCN2)CC1. The molecule has 0 aromatic carbocycles. The van der Waals surface area contributed by atoms with E-state index in [1.807, 2.05) is 0 Å². The van der Waals surface area contributed by atoms with Crippen LogP contribution in [0.4, 0.5) is 0 Å². The van der Waals surface area contributed by atoms with Crippen LogP contribution in [0.1, 0.15) is 46.5 Å². The predicted octanol–water partition coefficient (Wildman–Crippen LogP) is 1.59. The van der Waals surface area contributed by atoms with Crippen molar-refractivity contribution >= 4 is 0 Å². The lowest BCUT2D eigenvalue weighted by Gasteiger charge is -2.41. The average Bonchev–Trinajstić information content (AvgIpc) is 2.78. The largest absolute Gasteiger partial charge is 0.313 e. The number of likely N-dealkylation sites (tertiary alicyclic amines) is 1. The number of hydrogen-bond acceptors (Lipinski definition) is 3. The standard InChI is InChI=1S/C14H29N3/c1-14(2,3)17-9-6-12(7-10-17)16-11-13-5-4-8-15-13/h12-13,15-16H,4-11H2,1-3H3. The molecule has 17 heavy (non-hydrogen) atoms. The quantitative estimate of drug-likeness (QED) is 0.783. The van der Waals surface area contributed by atoms with Crippen molar-refractivity contribution < 1.29 is 0 Å². The maximum Gasteiger partial charge on any atom is 0.0193 e. The van der Waals surface area contributed by atoms with Gasteiger partial charge in [0.05, 0.1) is 0 Å². The molecule has 1 unspecified atom stereocenters. The van der Waals surface area contributed by atoms with Crippen molar-refractivity contribution in [3.05, 3.63) is 0 Å². The molecule has 3 nitrogen and oxygen atoms in total. The molecule has 2 N–H and O–H groups in total. The minimum atomic E-state index is 0.345. The lowest BCUT2D eigenvalue weighted by Crippen LogP contribution is -2.51. The first-order valence-corrected chi connectivity index (χ1v) is 7.27. The minimum absolute atomic E-state index is 0.345. The Labute approximate surface area is 106 Å². The number of rotatable bonds is 3. The Hall–Kier alpha value is -0.120. The van der Waals surface area contributed by atoms with Gasteiger partial charge in [-0.1, -0.05) is 0 Å². The molecular weight excluding hydrogens is 210 g/mol. The molecule has 0 radical (unpaired) electrons. The normalized spacial score (nSPS) is 28.8. The second-order valence-corrected chi connectivity index (χ2v) is 6.63. The van der Waals surface area contributed by atoms with Gasteiger partial charge in [-0.25, -0.2) is 0 Å². The van der Waals surface area contributed by atoms with Crippen LogP contribution < -0.4 is 10.6 Å². The van der Waals surface area contributed by atoms with Gasteiger partial charge in [0.15, 0.2) is 0 Å². The molecular formula is C14H29N3. The number of nitrogens with zero attached hydrogens (tertiary/aromatic N) is 1. The zero-order chi connectivity index (χ0) is 12.3. The monoisotopic (exact) mass is 239 g/mol. The summed E-state index contributed by atoms with van der Waals surface area (Å²) in [6.07, 6.45) is 5.33. The second-order valence-electron chi connectivity index (χ2n) is 6.63. The van der Waals surface area contributed by atoms with Gasteiger partial charge in [0.1, 0.15) is 0 Å². The Balaban J connectivity index is 1.65. The van der Waals surface area contributed by atoms with Crippen LogP contribution in [0.5, 0.6) is 0 Å². The first kappa shape index (κ1) is 13.3. The molecule has 0 bridgehead atoms. The van der Waals surface area contributed by atoms with Gasteiger partial charge in [-0.05, 0) is 53.0 Å². The summed E-state index contributed by atoms with van der Waals surface area (Å²) in [7, 11) is 0. The summed E-state index contributed by atoms with van der Waals surface area (Å²) in [4.78, 5) is 2.61. The van der Waals surface area contributed by atoms with Crippen molar-refractivity contribution in [3.8, 4) is 0 Å². The van der Waals surface area contributed by atoms with Gasteiger partial charge in [0.2, 0.25) is 0 Å². The molecule has 0 spiro atoms. The minimum Gasteiger partial charge on any atom is -0.313 e. The molecule has 0 aliphatic carbocycles. The zero-order valence-corrected chi connectivity index (χ0v) is 11.8. The third kappa shape index (κ3) is 3.94. The molecule has 2 heterocycles.